The first-order valence-corrected chi connectivity index (χ1v) is 9.11. The van der Waals surface area contributed by atoms with E-state index in [0.29, 0.717) is 5.75 Å². The molecule has 0 aliphatic carbocycles. The predicted octanol–water partition coefficient (Wildman–Crippen LogP) is 4.75. The molecule has 0 aliphatic heterocycles. The van der Waals surface area contributed by atoms with Crippen molar-refractivity contribution in [2.45, 2.75) is 31.1 Å². The summed E-state index contributed by atoms with van der Waals surface area (Å²) in [5.74, 6) is 1.29. The molecule has 0 radical (unpaired) electrons. The number of rotatable bonds is 6. The molecule has 5 heteroatoms. The lowest BCUT2D eigenvalue weighted by molar-refractivity contribution is 0.482. The number of hydrogen-bond acceptors (Lipinski definition) is 3. The molecule has 2 aromatic rings. The summed E-state index contributed by atoms with van der Waals surface area (Å²) >= 11 is 0. The van der Waals surface area contributed by atoms with Gasteiger partial charge in [-0.15, -0.1) is 0 Å². The highest BCUT2D eigenvalue weighted by Crippen LogP contribution is 2.24. The molecule has 0 atom stereocenters. The molecular weight excluding hydrogens is 308 g/mol. The number of unbranched alkanes of at least 4 members (excludes halogenated alkanes) is 1. The van der Waals surface area contributed by atoms with Crippen LogP contribution in [0.15, 0.2) is 53.4 Å². The summed E-state index contributed by atoms with van der Waals surface area (Å²) in [4.78, 5) is 0.0615. The van der Waals surface area contributed by atoms with Crippen LogP contribution < -0.4 is 4.74 Å². The molecule has 0 unspecified atom stereocenters. The maximum absolute atomic E-state index is 11.2. The molecule has 112 valence electrons. The number of benzene rings is 2. The van der Waals surface area contributed by atoms with Crippen molar-refractivity contribution in [3.05, 3.63) is 54.1 Å². The number of ether oxygens (including phenoxy) is 1. The van der Waals surface area contributed by atoms with Crippen molar-refractivity contribution in [1.29, 1.82) is 0 Å². The summed E-state index contributed by atoms with van der Waals surface area (Å²) in [5.41, 5.74) is 1.28. The van der Waals surface area contributed by atoms with Gasteiger partial charge in [-0.2, -0.15) is 0 Å². The van der Waals surface area contributed by atoms with Crippen LogP contribution in [-0.4, -0.2) is 8.42 Å². The Morgan fingerprint density at radius 1 is 0.952 bits per heavy atom. The van der Waals surface area contributed by atoms with Crippen LogP contribution in [0.5, 0.6) is 11.5 Å². The van der Waals surface area contributed by atoms with Crippen LogP contribution in [0.1, 0.15) is 25.3 Å². The standard InChI is InChI=1S/C16H17ClO3S/c1-2-3-4-13-5-7-14(8-6-13)20-15-9-11-16(12-10-15)21(17,18)19/h5-12H,2-4H2,1H3. The normalized spacial score (nSPS) is 11.3. The van der Waals surface area contributed by atoms with E-state index in [2.05, 4.69) is 6.92 Å². The van der Waals surface area contributed by atoms with E-state index < -0.39 is 9.05 Å². The quantitative estimate of drug-likeness (QED) is 0.720. The monoisotopic (exact) mass is 324 g/mol. The van der Waals surface area contributed by atoms with E-state index >= 15 is 0 Å². The third kappa shape index (κ3) is 4.76. The minimum Gasteiger partial charge on any atom is -0.457 e. The summed E-state index contributed by atoms with van der Waals surface area (Å²) in [6.45, 7) is 2.17. The zero-order chi connectivity index (χ0) is 15.3. The third-order valence-electron chi connectivity index (χ3n) is 3.08. The fourth-order valence-corrected chi connectivity index (χ4v) is 2.68. The van der Waals surface area contributed by atoms with Gasteiger partial charge in [0.15, 0.2) is 0 Å². The van der Waals surface area contributed by atoms with Crippen molar-refractivity contribution in [3.8, 4) is 11.5 Å². The molecule has 0 spiro atoms. The highest BCUT2D eigenvalue weighted by Gasteiger charge is 2.09. The molecule has 2 aromatic carbocycles. The van der Waals surface area contributed by atoms with Crippen LogP contribution in [0.25, 0.3) is 0 Å². The number of aryl methyl sites for hydroxylation is 1. The van der Waals surface area contributed by atoms with Gasteiger partial charge in [-0.25, -0.2) is 8.42 Å². The zero-order valence-corrected chi connectivity index (χ0v) is 13.3. The van der Waals surface area contributed by atoms with Crippen LogP contribution in [0.3, 0.4) is 0 Å². The molecule has 0 amide bonds. The van der Waals surface area contributed by atoms with Gasteiger partial charge in [-0.3, -0.25) is 0 Å². The van der Waals surface area contributed by atoms with Gasteiger partial charge in [0, 0.05) is 10.7 Å². The van der Waals surface area contributed by atoms with Gasteiger partial charge in [0.05, 0.1) is 4.90 Å². The largest absolute Gasteiger partial charge is 0.457 e. The SMILES string of the molecule is CCCCc1ccc(Oc2ccc(S(=O)(=O)Cl)cc2)cc1. The Hall–Kier alpha value is -1.52. The van der Waals surface area contributed by atoms with Gasteiger partial charge in [-0.1, -0.05) is 25.5 Å². The van der Waals surface area contributed by atoms with Gasteiger partial charge in [0.1, 0.15) is 11.5 Å². The van der Waals surface area contributed by atoms with E-state index in [-0.39, 0.29) is 4.90 Å². The molecule has 0 saturated heterocycles. The van der Waals surface area contributed by atoms with Crippen molar-refractivity contribution in [2.24, 2.45) is 0 Å². The molecule has 2 rings (SSSR count). The first-order chi connectivity index (χ1) is 9.99. The van der Waals surface area contributed by atoms with E-state index in [1.807, 2.05) is 24.3 Å². The van der Waals surface area contributed by atoms with Gasteiger partial charge in [0.2, 0.25) is 0 Å². The van der Waals surface area contributed by atoms with Crippen LogP contribution in [0.4, 0.5) is 0 Å². The van der Waals surface area contributed by atoms with Crippen molar-refractivity contribution < 1.29 is 13.2 Å². The molecule has 0 heterocycles. The Kier molecular flexibility index (Phi) is 5.26. The average Bonchev–Trinajstić information content (AvgIpc) is 2.46. The van der Waals surface area contributed by atoms with Crippen LogP contribution in [0, 0.1) is 0 Å². The lowest BCUT2D eigenvalue weighted by Gasteiger charge is -2.07. The predicted molar refractivity (Wildman–Crippen MR) is 84.6 cm³/mol. The lowest BCUT2D eigenvalue weighted by atomic mass is 10.1. The van der Waals surface area contributed by atoms with Crippen LogP contribution in [0.2, 0.25) is 0 Å². The maximum atomic E-state index is 11.2. The van der Waals surface area contributed by atoms with Crippen LogP contribution >= 0.6 is 10.7 Å². The first-order valence-electron chi connectivity index (χ1n) is 6.80. The highest BCUT2D eigenvalue weighted by atomic mass is 35.7. The van der Waals surface area contributed by atoms with Crippen molar-refractivity contribution in [3.63, 3.8) is 0 Å². The number of halogens is 1. The summed E-state index contributed by atoms with van der Waals surface area (Å²) in [6.07, 6.45) is 3.42. The molecule has 3 nitrogen and oxygen atoms in total. The van der Waals surface area contributed by atoms with E-state index in [1.165, 1.54) is 30.5 Å². The molecule has 0 aliphatic rings. The maximum Gasteiger partial charge on any atom is 0.261 e. The minimum atomic E-state index is -3.69. The number of hydrogen-bond donors (Lipinski definition) is 0. The second-order valence-electron chi connectivity index (χ2n) is 4.76. The summed E-state index contributed by atoms with van der Waals surface area (Å²) in [6, 6.07) is 13.9. The van der Waals surface area contributed by atoms with Gasteiger partial charge >= 0.3 is 0 Å². The second kappa shape index (κ2) is 6.96. The molecule has 0 N–H and O–H groups in total. The van der Waals surface area contributed by atoms with Crippen molar-refractivity contribution in [1.82, 2.24) is 0 Å². The zero-order valence-electron chi connectivity index (χ0n) is 11.8. The second-order valence-corrected chi connectivity index (χ2v) is 7.32. The summed E-state index contributed by atoms with van der Waals surface area (Å²) in [7, 11) is 1.57. The van der Waals surface area contributed by atoms with Crippen molar-refractivity contribution in [2.75, 3.05) is 0 Å². The Balaban J connectivity index is 2.04. The lowest BCUT2D eigenvalue weighted by Crippen LogP contribution is -1.91. The minimum absolute atomic E-state index is 0.0615. The molecule has 0 bridgehead atoms. The Bertz CT molecular complexity index is 676. The van der Waals surface area contributed by atoms with Crippen LogP contribution in [-0.2, 0) is 15.5 Å². The van der Waals surface area contributed by atoms with Gasteiger partial charge in [-0.05, 0) is 54.8 Å². The molecular formula is C16H17ClO3S. The fourth-order valence-electron chi connectivity index (χ4n) is 1.91. The molecule has 0 saturated carbocycles. The molecule has 0 fully saturated rings. The molecule has 0 aromatic heterocycles. The fraction of sp³-hybridized carbons (Fsp3) is 0.250. The average molecular weight is 325 g/mol. The van der Waals surface area contributed by atoms with Crippen molar-refractivity contribution >= 4 is 19.7 Å². The third-order valence-corrected chi connectivity index (χ3v) is 4.45. The Labute approximate surface area is 129 Å². The van der Waals surface area contributed by atoms with Gasteiger partial charge in [0.25, 0.3) is 9.05 Å². The highest BCUT2D eigenvalue weighted by molar-refractivity contribution is 8.13. The first kappa shape index (κ1) is 15.9. The molecule has 21 heavy (non-hydrogen) atoms. The van der Waals surface area contributed by atoms with E-state index in [0.717, 1.165) is 12.2 Å². The summed E-state index contributed by atoms with van der Waals surface area (Å²) < 4.78 is 28.0. The Morgan fingerprint density at radius 2 is 1.48 bits per heavy atom. The topological polar surface area (TPSA) is 43.4 Å². The van der Waals surface area contributed by atoms with E-state index in [9.17, 15) is 8.42 Å². The Morgan fingerprint density at radius 3 is 1.95 bits per heavy atom. The smallest absolute Gasteiger partial charge is 0.261 e. The summed E-state index contributed by atoms with van der Waals surface area (Å²) in [5, 5.41) is 0. The van der Waals surface area contributed by atoms with E-state index in [4.69, 9.17) is 15.4 Å². The van der Waals surface area contributed by atoms with E-state index in [1.54, 1.807) is 12.1 Å². The van der Waals surface area contributed by atoms with Gasteiger partial charge < -0.3 is 4.74 Å².